The van der Waals surface area contributed by atoms with Crippen molar-refractivity contribution in [1.29, 1.82) is 5.26 Å². The molecule has 1 aromatic heterocycles. The van der Waals surface area contributed by atoms with Crippen LogP contribution in [-0.4, -0.2) is 15.0 Å². The second kappa shape index (κ2) is 7.34. The molecule has 6 nitrogen and oxygen atoms in total. The molecule has 3 rings (SSSR count). The Hall–Kier alpha value is -2.88. The van der Waals surface area contributed by atoms with E-state index in [9.17, 15) is 0 Å². The predicted molar refractivity (Wildman–Crippen MR) is 97.9 cm³/mol. The maximum atomic E-state index is 8.97. The predicted octanol–water partition coefficient (Wildman–Crippen LogP) is 3.97. The van der Waals surface area contributed by atoms with Gasteiger partial charge in [0.25, 0.3) is 0 Å². The largest absolute Gasteiger partial charge is 0.368 e. The number of halogens is 2. The van der Waals surface area contributed by atoms with Gasteiger partial charge in [0.1, 0.15) is 5.82 Å². The summed E-state index contributed by atoms with van der Waals surface area (Å²) in [4.78, 5) is 12.5. The van der Waals surface area contributed by atoms with Gasteiger partial charge in [0.2, 0.25) is 11.9 Å². The normalized spacial score (nSPS) is 10.3. The Morgan fingerprint density at radius 2 is 1.76 bits per heavy atom. The highest BCUT2D eigenvalue weighted by Crippen LogP contribution is 2.26. The first-order chi connectivity index (χ1) is 12.0. The number of aromatic nitrogens is 3. The first-order valence-corrected chi connectivity index (χ1v) is 8.01. The number of hydrogen-bond acceptors (Lipinski definition) is 6. The van der Waals surface area contributed by atoms with Crippen LogP contribution in [0.25, 0.3) is 0 Å². The van der Waals surface area contributed by atoms with Crippen LogP contribution >= 0.6 is 23.2 Å². The summed E-state index contributed by atoms with van der Waals surface area (Å²) >= 11 is 12.4. The van der Waals surface area contributed by atoms with Crippen LogP contribution in [0.5, 0.6) is 0 Å². The molecule has 25 heavy (non-hydrogen) atoms. The van der Waals surface area contributed by atoms with Gasteiger partial charge in [-0.15, -0.1) is 0 Å². The van der Waals surface area contributed by atoms with Crippen LogP contribution in [0.1, 0.15) is 17.0 Å². The number of nitrogens with two attached hydrogens (primary N) is 1. The molecular weight excluding hydrogens is 359 g/mol. The highest BCUT2D eigenvalue weighted by molar-refractivity contribution is 6.36. The van der Waals surface area contributed by atoms with E-state index in [2.05, 4.69) is 26.3 Å². The molecule has 124 valence electrons. The molecule has 0 fully saturated rings. The van der Waals surface area contributed by atoms with Crippen LogP contribution in [0.2, 0.25) is 10.0 Å². The van der Waals surface area contributed by atoms with E-state index in [0.717, 1.165) is 0 Å². The average molecular weight is 371 g/mol. The molecule has 8 heteroatoms. The molecule has 0 radical (unpaired) electrons. The van der Waals surface area contributed by atoms with Gasteiger partial charge in [-0.05, 0) is 35.9 Å². The number of rotatable bonds is 4. The third-order valence-electron chi connectivity index (χ3n) is 3.34. The molecule has 0 aliphatic carbocycles. The number of nitrogens with one attached hydrogen (secondary N) is 1. The molecule has 0 saturated heterocycles. The van der Waals surface area contributed by atoms with Crippen LogP contribution in [0.4, 0.5) is 17.6 Å². The Balaban J connectivity index is 1.89. The fourth-order valence-electron chi connectivity index (χ4n) is 2.23. The van der Waals surface area contributed by atoms with Crippen LogP contribution < -0.4 is 11.1 Å². The summed E-state index contributed by atoms with van der Waals surface area (Å²) in [6.07, 6.45) is 0.318. The zero-order chi connectivity index (χ0) is 17.8. The molecule has 0 atom stereocenters. The minimum atomic E-state index is 0.0760. The topological polar surface area (TPSA) is 101 Å². The van der Waals surface area contributed by atoms with Crippen molar-refractivity contribution in [3.63, 3.8) is 0 Å². The van der Waals surface area contributed by atoms with Gasteiger partial charge in [0.15, 0.2) is 0 Å². The van der Waals surface area contributed by atoms with Crippen molar-refractivity contribution < 1.29 is 0 Å². The van der Waals surface area contributed by atoms with E-state index in [4.69, 9.17) is 34.2 Å². The standard InChI is InChI=1S/C17H12Cl2N6/c18-13-5-2-6-14(19)12(13)8-15-23-16(21)25-17(24-15)22-11-4-1-3-10(7-11)9-20/h1-7H,8H2,(H3,21,22,23,24,25). The quantitative estimate of drug-likeness (QED) is 0.720. The van der Waals surface area contributed by atoms with Gasteiger partial charge in [0.05, 0.1) is 11.6 Å². The summed E-state index contributed by atoms with van der Waals surface area (Å²) in [6.45, 7) is 0. The first-order valence-electron chi connectivity index (χ1n) is 7.25. The first kappa shape index (κ1) is 17.0. The van der Waals surface area contributed by atoms with E-state index >= 15 is 0 Å². The third-order valence-corrected chi connectivity index (χ3v) is 4.05. The Kier molecular flexibility index (Phi) is 4.98. The van der Waals surface area contributed by atoms with Gasteiger partial charge >= 0.3 is 0 Å². The lowest BCUT2D eigenvalue weighted by Gasteiger charge is -2.09. The second-order valence-electron chi connectivity index (χ2n) is 5.13. The Morgan fingerprint density at radius 3 is 2.48 bits per heavy atom. The Morgan fingerprint density at radius 1 is 1.04 bits per heavy atom. The van der Waals surface area contributed by atoms with Crippen molar-refractivity contribution in [3.05, 3.63) is 69.5 Å². The van der Waals surface area contributed by atoms with Crippen molar-refractivity contribution in [3.8, 4) is 6.07 Å². The van der Waals surface area contributed by atoms with Crippen molar-refractivity contribution in [2.24, 2.45) is 0 Å². The monoisotopic (exact) mass is 370 g/mol. The molecule has 1 heterocycles. The fourth-order valence-corrected chi connectivity index (χ4v) is 2.76. The van der Waals surface area contributed by atoms with Crippen molar-refractivity contribution >= 4 is 40.8 Å². The van der Waals surface area contributed by atoms with Gasteiger partial charge < -0.3 is 11.1 Å². The number of nitrogen functional groups attached to an aromatic ring is 1. The van der Waals surface area contributed by atoms with Gasteiger partial charge in [-0.3, -0.25) is 0 Å². The van der Waals surface area contributed by atoms with E-state index in [-0.39, 0.29) is 11.9 Å². The summed E-state index contributed by atoms with van der Waals surface area (Å²) in [5.41, 5.74) is 7.69. The second-order valence-corrected chi connectivity index (χ2v) is 5.94. The number of nitrogens with zero attached hydrogens (tertiary/aromatic N) is 4. The summed E-state index contributed by atoms with van der Waals surface area (Å²) in [7, 11) is 0. The lowest BCUT2D eigenvalue weighted by atomic mass is 10.1. The SMILES string of the molecule is N#Cc1cccc(Nc2nc(N)nc(Cc3c(Cl)cccc3Cl)n2)c1. The maximum Gasteiger partial charge on any atom is 0.232 e. The average Bonchev–Trinajstić information content (AvgIpc) is 2.58. The van der Waals surface area contributed by atoms with Crippen molar-refractivity contribution in [2.45, 2.75) is 6.42 Å². The number of benzene rings is 2. The summed E-state index contributed by atoms with van der Waals surface area (Å²) in [6, 6.07) is 14.3. The lowest BCUT2D eigenvalue weighted by Crippen LogP contribution is -2.08. The van der Waals surface area contributed by atoms with Gasteiger partial charge in [-0.25, -0.2) is 0 Å². The maximum absolute atomic E-state index is 8.97. The summed E-state index contributed by atoms with van der Waals surface area (Å²) < 4.78 is 0. The molecule has 0 saturated carbocycles. The molecule has 0 aliphatic heterocycles. The number of anilines is 3. The molecule has 3 N–H and O–H groups in total. The molecule has 0 unspecified atom stereocenters. The van der Waals surface area contributed by atoms with Crippen LogP contribution in [-0.2, 0) is 6.42 Å². The van der Waals surface area contributed by atoms with E-state index in [1.54, 1.807) is 42.5 Å². The number of hydrogen-bond donors (Lipinski definition) is 2. The Bertz CT molecular complexity index is 947. The number of nitriles is 1. The van der Waals surface area contributed by atoms with Crippen molar-refractivity contribution in [1.82, 2.24) is 15.0 Å². The molecule has 3 aromatic rings. The van der Waals surface area contributed by atoms with Crippen LogP contribution in [0, 0.1) is 11.3 Å². The summed E-state index contributed by atoms with van der Waals surface area (Å²) in [5.74, 6) is 0.786. The van der Waals surface area contributed by atoms with Crippen LogP contribution in [0.3, 0.4) is 0 Å². The van der Waals surface area contributed by atoms with Crippen molar-refractivity contribution in [2.75, 3.05) is 11.1 Å². The van der Waals surface area contributed by atoms with E-state index in [0.29, 0.717) is 39.1 Å². The van der Waals surface area contributed by atoms with Gasteiger partial charge in [-0.1, -0.05) is 35.3 Å². The van der Waals surface area contributed by atoms with E-state index in [1.165, 1.54) is 0 Å². The highest BCUT2D eigenvalue weighted by Gasteiger charge is 2.11. The van der Waals surface area contributed by atoms with E-state index in [1.807, 2.05) is 0 Å². The highest BCUT2D eigenvalue weighted by atomic mass is 35.5. The fraction of sp³-hybridized carbons (Fsp3) is 0.0588. The summed E-state index contributed by atoms with van der Waals surface area (Å²) in [5, 5.41) is 13.0. The lowest BCUT2D eigenvalue weighted by molar-refractivity contribution is 0.936. The Labute approximate surface area is 154 Å². The molecule has 2 aromatic carbocycles. The molecule has 0 aliphatic rings. The minimum Gasteiger partial charge on any atom is -0.368 e. The van der Waals surface area contributed by atoms with E-state index < -0.39 is 0 Å². The molecule has 0 spiro atoms. The smallest absolute Gasteiger partial charge is 0.232 e. The van der Waals surface area contributed by atoms with Crippen LogP contribution in [0.15, 0.2) is 42.5 Å². The van der Waals surface area contributed by atoms with Gasteiger partial charge in [0, 0.05) is 22.2 Å². The zero-order valence-corrected chi connectivity index (χ0v) is 14.4. The molecular formula is C17H12Cl2N6. The van der Waals surface area contributed by atoms with Gasteiger partial charge in [-0.2, -0.15) is 20.2 Å². The molecule has 0 amide bonds. The third kappa shape index (κ3) is 4.15. The molecule has 0 bridgehead atoms. The zero-order valence-electron chi connectivity index (χ0n) is 12.9. The minimum absolute atomic E-state index is 0.0760.